The summed E-state index contributed by atoms with van der Waals surface area (Å²) in [6.07, 6.45) is 0.450. The largest absolute Gasteiger partial charge is 0.368 e. The molecule has 1 amide bonds. The van der Waals surface area contributed by atoms with E-state index in [0.717, 1.165) is 12.5 Å². The van der Waals surface area contributed by atoms with Crippen LogP contribution in [0.4, 0.5) is 17.6 Å². The molecule has 1 aliphatic carbocycles. The first kappa shape index (κ1) is 29.4. The lowest BCUT2D eigenvalue weighted by atomic mass is 9.83. The topological polar surface area (TPSA) is 72.3 Å². The van der Waals surface area contributed by atoms with Crippen molar-refractivity contribution in [3.8, 4) is 0 Å². The number of ether oxygens (including phenoxy) is 1. The predicted molar refractivity (Wildman–Crippen MR) is 146 cm³/mol. The van der Waals surface area contributed by atoms with Crippen LogP contribution in [0.15, 0.2) is 42.0 Å². The van der Waals surface area contributed by atoms with Crippen LogP contribution < -0.4 is 5.32 Å². The van der Waals surface area contributed by atoms with E-state index < -0.39 is 47.1 Å². The molecule has 4 atom stereocenters. The van der Waals surface area contributed by atoms with E-state index in [-0.39, 0.29) is 49.8 Å². The molecule has 2 saturated heterocycles. The Morgan fingerprint density at radius 3 is 2.68 bits per heavy atom. The average Bonchev–Trinajstić information content (AvgIpc) is 3.67. The summed E-state index contributed by atoms with van der Waals surface area (Å²) in [6.45, 7) is 7.09. The maximum atomic E-state index is 15.0. The quantitative estimate of drug-likeness (QED) is 0.424. The van der Waals surface area contributed by atoms with Gasteiger partial charge in [0.15, 0.2) is 11.6 Å². The second-order valence-electron chi connectivity index (χ2n) is 12.2. The highest BCUT2D eigenvalue weighted by atomic mass is 19.1. The van der Waals surface area contributed by atoms with E-state index in [1.165, 1.54) is 16.8 Å². The minimum atomic E-state index is -1.13. The summed E-state index contributed by atoms with van der Waals surface area (Å²) in [4.78, 5) is 20.4. The van der Waals surface area contributed by atoms with Gasteiger partial charge in [0.1, 0.15) is 29.7 Å². The van der Waals surface area contributed by atoms with Crippen LogP contribution in [0.1, 0.15) is 69.7 Å². The van der Waals surface area contributed by atoms with E-state index in [1.54, 1.807) is 17.0 Å². The number of alkyl halides is 1. The Kier molecular flexibility index (Phi) is 8.65. The van der Waals surface area contributed by atoms with Gasteiger partial charge in [-0.15, -0.1) is 0 Å². The molecular weight excluding hydrogens is 538 g/mol. The predicted octanol–water partition coefficient (Wildman–Crippen LogP) is 5.45. The van der Waals surface area contributed by atoms with Gasteiger partial charge in [0.2, 0.25) is 0 Å². The third-order valence-corrected chi connectivity index (χ3v) is 7.89. The highest BCUT2D eigenvalue weighted by molar-refractivity contribution is 5.82. The molecule has 3 heterocycles. The monoisotopic (exact) mass is 575 g/mol. The van der Waals surface area contributed by atoms with Crippen molar-refractivity contribution in [1.82, 2.24) is 25.0 Å². The Morgan fingerprint density at radius 1 is 1.22 bits per heavy atom. The summed E-state index contributed by atoms with van der Waals surface area (Å²) in [5.41, 5.74) is -0.117. The van der Waals surface area contributed by atoms with Crippen LogP contribution in [0.2, 0.25) is 0 Å². The van der Waals surface area contributed by atoms with Gasteiger partial charge in [-0.2, -0.15) is 5.10 Å². The zero-order chi connectivity index (χ0) is 29.3. The average molecular weight is 576 g/mol. The van der Waals surface area contributed by atoms with Crippen LogP contribution in [0.5, 0.6) is 0 Å². The summed E-state index contributed by atoms with van der Waals surface area (Å²) in [5.74, 6) is -1.84. The zero-order valence-electron chi connectivity index (χ0n) is 23.7. The lowest BCUT2D eigenvalue weighted by Crippen LogP contribution is -2.49. The minimum Gasteiger partial charge on any atom is -0.368 e. The standard InChI is InChI=1S/C30H37F4N5O2/c1-30(2,3)26(38(17-19-14-35-15-24(19)34)29(40)25-8-5-11-41-25)28-36-27(22-13-21(32)9-10-23(22)33)37-39(28)16-18-6-4-7-20(31)12-18/h4,6-7,12-13,19,24-26,35H,5,8-11,14-17H2,1-3H3/t19-,24-,25?,26-/m0/s1. The van der Waals surface area contributed by atoms with Gasteiger partial charge in [0, 0.05) is 45.0 Å². The summed E-state index contributed by atoms with van der Waals surface area (Å²) in [7, 11) is 0. The van der Waals surface area contributed by atoms with Gasteiger partial charge >= 0.3 is 0 Å². The number of nitrogens with zero attached hydrogens (tertiary/aromatic N) is 4. The number of hydrogen-bond acceptors (Lipinski definition) is 5. The third kappa shape index (κ3) is 6.56. The second kappa shape index (κ2) is 12.1. The number of nitrogens with one attached hydrogen (secondary N) is 1. The first-order valence-electron chi connectivity index (χ1n) is 14.2. The van der Waals surface area contributed by atoms with Crippen molar-refractivity contribution < 1.29 is 27.1 Å². The Labute approximate surface area is 237 Å². The molecule has 3 aliphatic rings. The van der Waals surface area contributed by atoms with Crippen molar-refractivity contribution in [3.63, 3.8) is 0 Å². The van der Waals surface area contributed by atoms with E-state index in [9.17, 15) is 22.4 Å². The molecule has 2 fully saturated rings. The van der Waals surface area contributed by atoms with Gasteiger partial charge in [0.05, 0.1) is 18.2 Å². The fourth-order valence-corrected chi connectivity index (χ4v) is 5.86. The maximum absolute atomic E-state index is 15.0. The van der Waals surface area contributed by atoms with Crippen LogP contribution in [0.25, 0.3) is 5.57 Å². The molecule has 7 nitrogen and oxygen atoms in total. The molecule has 2 aliphatic heterocycles. The highest BCUT2D eigenvalue weighted by Gasteiger charge is 2.44. The maximum Gasteiger partial charge on any atom is 0.252 e. The van der Waals surface area contributed by atoms with E-state index in [0.29, 0.717) is 31.0 Å². The van der Waals surface area contributed by atoms with E-state index in [4.69, 9.17) is 9.72 Å². The molecule has 1 unspecified atom stereocenters. The Balaban J connectivity index is 1.64. The van der Waals surface area contributed by atoms with Gasteiger partial charge in [-0.25, -0.2) is 27.2 Å². The number of aromatic nitrogens is 3. The molecule has 222 valence electrons. The first-order valence-corrected chi connectivity index (χ1v) is 14.2. The number of benzene rings is 1. The molecular formula is C30H37F4N5O2. The van der Waals surface area contributed by atoms with Crippen molar-refractivity contribution in [2.24, 2.45) is 11.3 Å². The Bertz CT molecular complexity index is 1330. The summed E-state index contributed by atoms with van der Waals surface area (Å²) < 4.78 is 65.5. The number of hydrogen-bond donors (Lipinski definition) is 1. The molecule has 0 radical (unpaired) electrons. The number of amides is 1. The number of rotatable bonds is 8. The van der Waals surface area contributed by atoms with Crippen molar-refractivity contribution in [2.45, 2.75) is 71.3 Å². The lowest BCUT2D eigenvalue weighted by Gasteiger charge is -2.41. The van der Waals surface area contributed by atoms with Crippen molar-refractivity contribution in [3.05, 3.63) is 65.0 Å². The number of allylic oxidation sites excluding steroid dienone is 4. The second-order valence-corrected chi connectivity index (χ2v) is 12.2. The smallest absolute Gasteiger partial charge is 0.252 e. The van der Waals surface area contributed by atoms with Crippen molar-refractivity contribution in [2.75, 3.05) is 26.2 Å². The summed E-state index contributed by atoms with van der Waals surface area (Å²) in [6, 6.07) is 5.27. The normalized spacial score (nSPS) is 24.1. The molecule has 0 saturated carbocycles. The summed E-state index contributed by atoms with van der Waals surface area (Å²) >= 11 is 0. The van der Waals surface area contributed by atoms with Crippen molar-refractivity contribution >= 4 is 11.5 Å². The third-order valence-electron chi connectivity index (χ3n) is 7.89. The van der Waals surface area contributed by atoms with Crippen LogP contribution in [-0.2, 0) is 16.1 Å². The first-order chi connectivity index (χ1) is 19.5. The van der Waals surface area contributed by atoms with Gasteiger partial charge in [-0.3, -0.25) is 4.79 Å². The highest BCUT2D eigenvalue weighted by Crippen LogP contribution is 2.41. The van der Waals surface area contributed by atoms with Crippen LogP contribution in [0, 0.1) is 17.2 Å². The molecule has 41 heavy (non-hydrogen) atoms. The Morgan fingerprint density at radius 2 is 2.02 bits per heavy atom. The van der Waals surface area contributed by atoms with E-state index in [2.05, 4.69) is 10.4 Å². The fraction of sp³-hybridized carbons (Fsp3) is 0.567. The molecule has 1 N–H and O–H groups in total. The fourth-order valence-electron chi connectivity index (χ4n) is 5.86. The number of halogens is 4. The zero-order valence-corrected chi connectivity index (χ0v) is 23.7. The van der Waals surface area contributed by atoms with Gasteiger partial charge in [0.25, 0.3) is 5.91 Å². The van der Waals surface area contributed by atoms with Gasteiger partial charge < -0.3 is 15.0 Å². The SMILES string of the molecule is CC(C)(C)[C@H](c1nc(C2=C(F)CCC(F)=C2)nn1Cc1cccc(F)c1)N(C[C@@H]1CNC[C@@H]1F)C(=O)C1CCCO1. The number of carbonyl (C=O) groups excluding carboxylic acids is 1. The molecule has 0 spiro atoms. The van der Waals surface area contributed by atoms with Crippen LogP contribution in [0.3, 0.4) is 0 Å². The van der Waals surface area contributed by atoms with Gasteiger partial charge in [-0.1, -0.05) is 32.9 Å². The van der Waals surface area contributed by atoms with Crippen LogP contribution in [-0.4, -0.2) is 64.1 Å². The Hall–Kier alpha value is -3.05. The molecule has 1 aromatic heterocycles. The summed E-state index contributed by atoms with van der Waals surface area (Å²) in [5, 5.41) is 7.64. The van der Waals surface area contributed by atoms with Gasteiger partial charge in [-0.05, 0) is 42.0 Å². The molecule has 11 heteroatoms. The molecule has 0 bridgehead atoms. The lowest BCUT2D eigenvalue weighted by molar-refractivity contribution is -0.147. The molecule has 2 aromatic rings. The van der Waals surface area contributed by atoms with E-state index >= 15 is 0 Å². The van der Waals surface area contributed by atoms with Crippen LogP contribution >= 0.6 is 0 Å². The molecule has 5 rings (SSSR count). The number of carbonyl (C=O) groups is 1. The minimum absolute atomic E-state index is 0.0200. The molecule has 1 aromatic carbocycles. The van der Waals surface area contributed by atoms with E-state index in [1.807, 2.05) is 20.8 Å². The van der Waals surface area contributed by atoms with Crippen molar-refractivity contribution in [1.29, 1.82) is 0 Å².